The third-order valence-electron chi connectivity index (χ3n) is 6.03. The predicted molar refractivity (Wildman–Crippen MR) is 139 cm³/mol. The third-order valence-corrected chi connectivity index (χ3v) is 6.03. The summed E-state index contributed by atoms with van der Waals surface area (Å²) in [5.74, 6) is 0.730. The van der Waals surface area contributed by atoms with Crippen molar-refractivity contribution in [1.29, 1.82) is 0 Å². The van der Waals surface area contributed by atoms with Crippen LogP contribution in [0.5, 0.6) is 5.75 Å². The smallest absolute Gasteiger partial charge is 0.155 e. The topological polar surface area (TPSA) is 108 Å². The van der Waals surface area contributed by atoms with Crippen molar-refractivity contribution in [3.63, 3.8) is 0 Å². The second-order valence-electron chi connectivity index (χ2n) is 8.79. The van der Waals surface area contributed by atoms with Gasteiger partial charge < -0.3 is 14.6 Å². The zero-order valence-electron chi connectivity index (χ0n) is 19.9. The molecule has 6 aromatic rings. The van der Waals surface area contributed by atoms with E-state index >= 15 is 0 Å². The molecular formula is C27H24N8O. The molecule has 0 fully saturated rings. The molecule has 0 spiro atoms. The highest BCUT2D eigenvalue weighted by Gasteiger charge is 2.16. The molecule has 0 aromatic carbocycles. The van der Waals surface area contributed by atoms with Crippen molar-refractivity contribution in [2.45, 2.75) is 0 Å². The molecule has 0 aliphatic heterocycles. The molecule has 9 heteroatoms. The summed E-state index contributed by atoms with van der Waals surface area (Å²) in [6.07, 6.45) is 10.7. The number of fused-ring (bicyclic) bond motifs is 2. The molecule has 6 aromatic heterocycles. The van der Waals surface area contributed by atoms with E-state index in [1.165, 1.54) is 0 Å². The van der Waals surface area contributed by atoms with Gasteiger partial charge in [-0.2, -0.15) is 5.10 Å². The van der Waals surface area contributed by atoms with Gasteiger partial charge in [-0.25, -0.2) is 4.98 Å². The molecule has 9 nitrogen and oxygen atoms in total. The van der Waals surface area contributed by atoms with Crippen molar-refractivity contribution < 1.29 is 4.74 Å². The number of H-pyrrole nitrogens is 2. The molecule has 178 valence electrons. The summed E-state index contributed by atoms with van der Waals surface area (Å²) in [6.45, 7) is 1.43. The summed E-state index contributed by atoms with van der Waals surface area (Å²) >= 11 is 0. The quantitative estimate of drug-likeness (QED) is 0.348. The Balaban J connectivity index is 1.38. The van der Waals surface area contributed by atoms with Crippen molar-refractivity contribution >= 4 is 21.9 Å². The number of aromatic amines is 2. The highest BCUT2D eigenvalue weighted by molar-refractivity contribution is 5.99. The summed E-state index contributed by atoms with van der Waals surface area (Å²) in [5.41, 5.74) is 7.15. The summed E-state index contributed by atoms with van der Waals surface area (Å²) in [7, 11) is 4.04. The van der Waals surface area contributed by atoms with Crippen LogP contribution in [0.2, 0.25) is 0 Å². The van der Waals surface area contributed by atoms with Gasteiger partial charge in [0.1, 0.15) is 18.1 Å². The maximum Gasteiger partial charge on any atom is 0.155 e. The van der Waals surface area contributed by atoms with Crippen molar-refractivity contribution in [2.75, 3.05) is 27.2 Å². The van der Waals surface area contributed by atoms with Crippen LogP contribution in [0.25, 0.3) is 55.7 Å². The first-order valence-corrected chi connectivity index (χ1v) is 11.6. The molecule has 0 amide bonds. The van der Waals surface area contributed by atoms with Crippen LogP contribution >= 0.6 is 0 Å². The van der Waals surface area contributed by atoms with E-state index in [1.54, 1.807) is 24.8 Å². The molecule has 0 saturated heterocycles. The lowest BCUT2D eigenvalue weighted by Gasteiger charge is -2.11. The first-order chi connectivity index (χ1) is 17.7. The van der Waals surface area contributed by atoms with E-state index in [0.717, 1.165) is 62.4 Å². The zero-order chi connectivity index (χ0) is 24.5. The second-order valence-corrected chi connectivity index (χ2v) is 8.79. The number of nitrogens with one attached hydrogen (secondary N) is 2. The van der Waals surface area contributed by atoms with Crippen LogP contribution in [0.1, 0.15) is 0 Å². The Kier molecular flexibility index (Phi) is 5.59. The highest BCUT2D eigenvalue weighted by Crippen LogP contribution is 2.34. The number of aromatic nitrogens is 7. The van der Waals surface area contributed by atoms with Gasteiger partial charge in [0.15, 0.2) is 5.65 Å². The van der Waals surface area contributed by atoms with Crippen LogP contribution in [-0.2, 0) is 0 Å². The summed E-state index contributed by atoms with van der Waals surface area (Å²) in [6, 6.07) is 12.0. The Morgan fingerprint density at radius 2 is 1.67 bits per heavy atom. The molecule has 6 rings (SSSR count). The van der Waals surface area contributed by atoms with Crippen molar-refractivity contribution in [2.24, 2.45) is 0 Å². The number of rotatable bonds is 7. The fraction of sp³-hybridized carbons (Fsp3) is 0.148. The van der Waals surface area contributed by atoms with E-state index in [9.17, 15) is 0 Å². The number of likely N-dealkylation sites (N-methyl/N-ethyl adjacent to an activating group) is 1. The Bertz CT molecular complexity index is 1660. The van der Waals surface area contributed by atoms with Crippen LogP contribution in [0, 0.1) is 0 Å². The maximum atomic E-state index is 5.87. The molecule has 0 unspecified atom stereocenters. The number of hydrogen-bond acceptors (Lipinski definition) is 7. The van der Waals surface area contributed by atoms with Crippen molar-refractivity contribution in [3.8, 4) is 39.5 Å². The molecule has 0 aliphatic carbocycles. The van der Waals surface area contributed by atoms with Gasteiger partial charge in [0.05, 0.1) is 17.6 Å². The van der Waals surface area contributed by atoms with Gasteiger partial charge in [0.25, 0.3) is 0 Å². The molecule has 0 radical (unpaired) electrons. The molecule has 0 atom stereocenters. The van der Waals surface area contributed by atoms with Gasteiger partial charge in [-0.15, -0.1) is 0 Å². The molecule has 0 saturated carbocycles. The molecule has 0 aliphatic rings. The average Bonchev–Trinajstić information content (AvgIpc) is 3.53. The van der Waals surface area contributed by atoms with E-state index in [-0.39, 0.29) is 0 Å². The summed E-state index contributed by atoms with van der Waals surface area (Å²) < 4.78 is 5.87. The van der Waals surface area contributed by atoms with E-state index in [1.807, 2.05) is 50.8 Å². The minimum atomic E-state index is 0.595. The second kappa shape index (κ2) is 9.20. The lowest BCUT2D eigenvalue weighted by atomic mass is 10.1. The fourth-order valence-corrected chi connectivity index (χ4v) is 4.19. The number of ether oxygens (including phenoxy) is 1. The van der Waals surface area contributed by atoms with E-state index in [4.69, 9.17) is 4.74 Å². The van der Waals surface area contributed by atoms with Gasteiger partial charge >= 0.3 is 0 Å². The third kappa shape index (κ3) is 4.16. The molecule has 6 heterocycles. The zero-order valence-corrected chi connectivity index (χ0v) is 19.9. The lowest BCUT2D eigenvalue weighted by molar-refractivity contribution is 0.261. The standard InChI is InChI=1S/C27H24N8O/c1-35(2)9-10-36-20-11-18(14-29-16-20)19-12-22-26(33-34-27(22)31-15-19)24-13-21-23(32-24)5-8-30-25(21)17-3-6-28-7-4-17/h3-8,11-16,32H,9-10H2,1-2H3,(H,31,33,34). The predicted octanol–water partition coefficient (Wildman–Crippen LogP) is 4.57. The Labute approximate surface area is 207 Å². The van der Waals surface area contributed by atoms with Gasteiger partial charge in [-0.1, -0.05) is 0 Å². The maximum absolute atomic E-state index is 5.87. The molecule has 2 N–H and O–H groups in total. The fourth-order valence-electron chi connectivity index (χ4n) is 4.19. The normalized spacial score (nSPS) is 11.5. The van der Waals surface area contributed by atoms with Crippen LogP contribution in [0.15, 0.2) is 73.6 Å². The van der Waals surface area contributed by atoms with Crippen molar-refractivity contribution in [1.82, 2.24) is 40.0 Å². The van der Waals surface area contributed by atoms with Crippen molar-refractivity contribution in [3.05, 3.63) is 73.6 Å². The van der Waals surface area contributed by atoms with Crippen LogP contribution < -0.4 is 4.74 Å². The van der Waals surface area contributed by atoms with Crippen LogP contribution in [-0.4, -0.2) is 67.3 Å². The Morgan fingerprint density at radius 3 is 2.53 bits per heavy atom. The minimum Gasteiger partial charge on any atom is -0.491 e. The van der Waals surface area contributed by atoms with E-state index in [2.05, 4.69) is 52.1 Å². The summed E-state index contributed by atoms with van der Waals surface area (Å²) in [5, 5.41) is 9.57. The summed E-state index contributed by atoms with van der Waals surface area (Å²) in [4.78, 5) is 23.3. The van der Waals surface area contributed by atoms with Crippen LogP contribution in [0.3, 0.4) is 0 Å². The molecular weight excluding hydrogens is 452 g/mol. The van der Waals surface area contributed by atoms with Gasteiger partial charge in [-0.3, -0.25) is 20.1 Å². The van der Waals surface area contributed by atoms with Gasteiger partial charge in [-0.05, 0) is 50.5 Å². The average molecular weight is 477 g/mol. The first-order valence-electron chi connectivity index (χ1n) is 11.6. The lowest BCUT2D eigenvalue weighted by Crippen LogP contribution is -2.19. The van der Waals surface area contributed by atoms with Gasteiger partial charge in [0.2, 0.25) is 0 Å². The SMILES string of the molecule is CN(C)CCOc1cncc(-c2cnc3[nH]nc(-c4cc5c(-c6ccncc6)nccc5[nH]4)c3c2)c1. The highest BCUT2D eigenvalue weighted by atomic mass is 16.5. The largest absolute Gasteiger partial charge is 0.491 e. The van der Waals surface area contributed by atoms with E-state index in [0.29, 0.717) is 12.3 Å². The van der Waals surface area contributed by atoms with Gasteiger partial charge in [0, 0.05) is 70.5 Å². The number of hydrogen-bond donors (Lipinski definition) is 2. The van der Waals surface area contributed by atoms with Crippen LogP contribution in [0.4, 0.5) is 0 Å². The monoisotopic (exact) mass is 476 g/mol. The first kappa shape index (κ1) is 21.9. The molecule has 0 bridgehead atoms. The minimum absolute atomic E-state index is 0.595. The Hall–Kier alpha value is -4.63. The Morgan fingerprint density at radius 1 is 0.806 bits per heavy atom. The number of nitrogens with zero attached hydrogens (tertiary/aromatic N) is 6. The molecule has 36 heavy (non-hydrogen) atoms. The number of pyridine rings is 4. The van der Waals surface area contributed by atoms with E-state index < -0.39 is 0 Å².